The first kappa shape index (κ1) is 23.1. The Morgan fingerprint density at radius 1 is 0.541 bits per heavy atom. The maximum atomic E-state index is 5.23. The van der Waals surface area contributed by atoms with Crippen molar-refractivity contribution in [3.63, 3.8) is 0 Å². The van der Waals surface area contributed by atoms with Crippen LogP contribution in [0.25, 0.3) is 11.1 Å². The van der Waals surface area contributed by atoms with E-state index in [0.29, 0.717) is 0 Å². The zero-order valence-electron chi connectivity index (χ0n) is 20.1. The molecule has 0 bridgehead atoms. The number of hydrogen-bond donors (Lipinski definition) is 0. The summed E-state index contributed by atoms with van der Waals surface area (Å²) in [6, 6.07) is 48.0. The molecule has 1 heterocycles. The topological polar surface area (TPSA) is 28.0 Å². The number of hydrogen-bond acceptors (Lipinski definition) is 3. The third kappa shape index (κ3) is 4.89. The van der Waals surface area contributed by atoms with Gasteiger partial charge in [-0.1, -0.05) is 137 Å². The molecule has 0 saturated heterocycles. The van der Waals surface area contributed by atoms with Crippen LogP contribution in [0.3, 0.4) is 0 Å². The van der Waals surface area contributed by atoms with E-state index >= 15 is 0 Å². The normalized spacial score (nSPS) is 15.2. The highest BCUT2D eigenvalue weighted by Gasteiger charge is 2.31. The lowest BCUT2D eigenvalue weighted by molar-refractivity contribution is 0.743. The molecule has 0 spiro atoms. The minimum atomic E-state index is -0.290. The van der Waals surface area contributed by atoms with Crippen molar-refractivity contribution in [2.75, 3.05) is 4.90 Å². The minimum absolute atomic E-state index is 0.290. The largest absolute Gasteiger partial charge is 0.299 e. The molecule has 4 heteroatoms. The van der Waals surface area contributed by atoms with Crippen LogP contribution in [0.1, 0.15) is 22.9 Å². The first-order valence-electron chi connectivity index (χ1n) is 12.2. The number of benzene rings is 5. The fourth-order valence-electron chi connectivity index (χ4n) is 4.58. The van der Waals surface area contributed by atoms with E-state index in [1.807, 2.05) is 42.5 Å². The van der Waals surface area contributed by atoms with Crippen molar-refractivity contribution < 1.29 is 0 Å². The molecule has 178 valence electrons. The van der Waals surface area contributed by atoms with Gasteiger partial charge < -0.3 is 0 Å². The highest BCUT2D eigenvalue weighted by molar-refractivity contribution is 9.10. The van der Waals surface area contributed by atoms with Crippen LogP contribution >= 0.6 is 15.9 Å². The molecule has 3 nitrogen and oxygen atoms in total. The average molecular weight is 542 g/mol. The van der Waals surface area contributed by atoms with E-state index in [-0.39, 0.29) is 6.17 Å². The van der Waals surface area contributed by atoms with Gasteiger partial charge in [0.25, 0.3) is 0 Å². The predicted molar refractivity (Wildman–Crippen MR) is 157 cm³/mol. The summed E-state index contributed by atoms with van der Waals surface area (Å²) in [5.74, 6) is 1.59. The van der Waals surface area contributed by atoms with Crippen molar-refractivity contribution in [1.29, 1.82) is 0 Å². The first-order chi connectivity index (χ1) is 18.3. The molecule has 1 unspecified atom stereocenters. The van der Waals surface area contributed by atoms with Crippen molar-refractivity contribution in [1.82, 2.24) is 0 Å². The van der Waals surface area contributed by atoms with Gasteiger partial charge in [-0.05, 0) is 34.9 Å². The Kier molecular flexibility index (Phi) is 6.49. The lowest BCUT2D eigenvalue weighted by Crippen LogP contribution is -2.39. The Morgan fingerprint density at radius 2 is 1.11 bits per heavy atom. The molecule has 1 aliphatic rings. The van der Waals surface area contributed by atoms with Gasteiger partial charge in [-0.2, -0.15) is 0 Å². The lowest BCUT2D eigenvalue weighted by atomic mass is 10.0. The molecule has 5 aromatic carbocycles. The van der Waals surface area contributed by atoms with E-state index < -0.39 is 0 Å². The molecule has 0 aromatic heterocycles. The van der Waals surface area contributed by atoms with Crippen LogP contribution in [0.5, 0.6) is 0 Å². The van der Waals surface area contributed by atoms with Crippen molar-refractivity contribution >= 4 is 33.3 Å². The Morgan fingerprint density at radius 3 is 1.73 bits per heavy atom. The molecule has 0 radical (unpaired) electrons. The second-order valence-electron chi connectivity index (χ2n) is 8.83. The van der Waals surface area contributed by atoms with Crippen LogP contribution in [0.4, 0.5) is 5.69 Å². The van der Waals surface area contributed by atoms with Crippen LogP contribution in [0.15, 0.2) is 154 Å². The summed E-state index contributed by atoms with van der Waals surface area (Å²) in [5, 5.41) is 0. The van der Waals surface area contributed by atoms with E-state index in [1.54, 1.807) is 0 Å². The van der Waals surface area contributed by atoms with Crippen LogP contribution in [0.2, 0.25) is 0 Å². The molecular formula is C33H24BrN3. The van der Waals surface area contributed by atoms with E-state index in [1.165, 1.54) is 11.1 Å². The van der Waals surface area contributed by atoms with Crippen LogP contribution < -0.4 is 4.90 Å². The third-order valence-corrected chi connectivity index (χ3v) is 6.89. The standard InChI is InChI=1S/C33H24BrN3/c34-29-17-10-18-30(23-29)37-32(27-15-8-3-9-16-27)35-31(26-13-6-2-7-14-26)36-33(37)28-21-19-25(20-22-28)24-11-4-1-5-12-24/h1-23,33H. The molecular weight excluding hydrogens is 518 g/mol. The van der Waals surface area contributed by atoms with Crippen LogP contribution in [0, 0.1) is 0 Å². The van der Waals surface area contributed by atoms with Crippen LogP contribution in [-0.4, -0.2) is 11.7 Å². The quantitative estimate of drug-likeness (QED) is 0.219. The fraction of sp³-hybridized carbons (Fsp3) is 0.0303. The zero-order valence-corrected chi connectivity index (χ0v) is 21.7. The molecule has 0 fully saturated rings. The van der Waals surface area contributed by atoms with Gasteiger partial charge in [0.2, 0.25) is 0 Å². The summed E-state index contributed by atoms with van der Waals surface area (Å²) >= 11 is 3.66. The summed E-state index contributed by atoms with van der Waals surface area (Å²) < 4.78 is 1.01. The molecule has 6 rings (SSSR count). The van der Waals surface area contributed by atoms with Gasteiger partial charge in [-0.25, -0.2) is 9.98 Å². The Balaban J connectivity index is 1.52. The van der Waals surface area contributed by atoms with E-state index in [9.17, 15) is 0 Å². The highest BCUT2D eigenvalue weighted by atomic mass is 79.9. The lowest BCUT2D eigenvalue weighted by Gasteiger charge is -2.36. The second-order valence-corrected chi connectivity index (χ2v) is 9.75. The Labute approximate surface area is 225 Å². The Hall–Kier alpha value is -4.28. The molecule has 37 heavy (non-hydrogen) atoms. The number of nitrogens with zero attached hydrogens (tertiary/aromatic N) is 3. The van der Waals surface area contributed by atoms with Crippen LogP contribution in [-0.2, 0) is 0 Å². The van der Waals surface area contributed by atoms with Gasteiger partial charge in [0, 0.05) is 21.3 Å². The summed E-state index contributed by atoms with van der Waals surface area (Å²) in [7, 11) is 0. The number of anilines is 1. The average Bonchev–Trinajstić information content (AvgIpc) is 2.98. The SMILES string of the molecule is Brc1cccc(N2C(c3ccccc3)=NC(c3ccccc3)=NC2c2ccc(-c3ccccc3)cc2)c1. The first-order valence-corrected chi connectivity index (χ1v) is 13.0. The minimum Gasteiger partial charge on any atom is -0.299 e. The highest BCUT2D eigenvalue weighted by Crippen LogP contribution is 2.36. The monoisotopic (exact) mass is 541 g/mol. The third-order valence-electron chi connectivity index (χ3n) is 6.40. The second kappa shape index (κ2) is 10.4. The maximum absolute atomic E-state index is 5.23. The maximum Gasteiger partial charge on any atom is 0.159 e. The van der Waals surface area contributed by atoms with Crippen molar-refractivity contribution in [3.05, 3.63) is 161 Å². The van der Waals surface area contributed by atoms with Crippen molar-refractivity contribution in [2.24, 2.45) is 9.98 Å². The van der Waals surface area contributed by atoms with Crippen molar-refractivity contribution in [3.8, 4) is 11.1 Å². The fourth-order valence-corrected chi connectivity index (χ4v) is 4.97. The summed E-state index contributed by atoms with van der Waals surface area (Å²) in [6.07, 6.45) is -0.290. The molecule has 0 N–H and O–H groups in total. The van der Waals surface area contributed by atoms with Gasteiger partial charge in [0.15, 0.2) is 12.0 Å². The van der Waals surface area contributed by atoms with Gasteiger partial charge in [-0.15, -0.1) is 0 Å². The summed E-state index contributed by atoms with van der Waals surface area (Å²) in [6.45, 7) is 0. The molecule has 0 saturated carbocycles. The smallest absolute Gasteiger partial charge is 0.159 e. The van der Waals surface area contributed by atoms with Gasteiger partial charge in [0.1, 0.15) is 5.84 Å². The van der Waals surface area contributed by atoms with E-state index in [2.05, 4.69) is 118 Å². The summed E-state index contributed by atoms with van der Waals surface area (Å²) in [4.78, 5) is 12.6. The number of halogens is 1. The van der Waals surface area contributed by atoms with Gasteiger partial charge in [0.05, 0.1) is 0 Å². The molecule has 0 amide bonds. The van der Waals surface area contributed by atoms with E-state index in [4.69, 9.17) is 9.98 Å². The molecule has 5 aromatic rings. The molecule has 1 atom stereocenters. The van der Waals surface area contributed by atoms with E-state index in [0.717, 1.165) is 38.5 Å². The number of aliphatic imine (C=N–C) groups is 2. The molecule has 0 aliphatic carbocycles. The number of rotatable bonds is 5. The van der Waals surface area contributed by atoms with Gasteiger partial charge in [-0.3, -0.25) is 4.90 Å². The molecule has 1 aliphatic heterocycles. The Bertz CT molecular complexity index is 1560. The van der Waals surface area contributed by atoms with Crippen molar-refractivity contribution in [2.45, 2.75) is 6.17 Å². The zero-order chi connectivity index (χ0) is 25.0. The predicted octanol–water partition coefficient (Wildman–Crippen LogP) is 8.53. The number of amidine groups is 2. The van der Waals surface area contributed by atoms with Gasteiger partial charge >= 0.3 is 0 Å². The summed E-state index contributed by atoms with van der Waals surface area (Å²) in [5.41, 5.74) is 6.52.